The summed E-state index contributed by atoms with van der Waals surface area (Å²) in [5.74, 6) is 0.439. The Morgan fingerprint density at radius 3 is 3.06 bits per heavy atom. The van der Waals surface area contributed by atoms with Crippen LogP contribution in [0.4, 0.5) is 0 Å². The highest BCUT2D eigenvalue weighted by Crippen LogP contribution is 2.37. The zero-order valence-corrected chi connectivity index (χ0v) is 11.0. The molecule has 92 valence electrons. The molecule has 2 aliphatic rings. The molecule has 3 atom stereocenters. The summed E-state index contributed by atoms with van der Waals surface area (Å²) in [6.45, 7) is 2.06. The van der Waals surface area contributed by atoms with Crippen LogP contribution < -0.4 is 0 Å². The van der Waals surface area contributed by atoms with Crippen molar-refractivity contribution in [3.8, 4) is 0 Å². The Hall–Kier alpha value is -0.670. The summed E-state index contributed by atoms with van der Waals surface area (Å²) in [5.41, 5.74) is 1.29. The molecule has 1 saturated heterocycles. The maximum Gasteiger partial charge on any atom is 0.169 e. The maximum atomic E-state index is 12.5. The molecule has 1 aliphatic heterocycles. The monoisotopic (exact) mass is 250 g/mol. The van der Waals surface area contributed by atoms with Gasteiger partial charge in [0, 0.05) is 10.8 Å². The van der Waals surface area contributed by atoms with Crippen LogP contribution in [0.1, 0.15) is 49.0 Å². The van der Waals surface area contributed by atoms with Crippen molar-refractivity contribution < 1.29 is 9.53 Å². The van der Waals surface area contributed by atoms with Crippen LogP contribution in [-0.4, -0.2) is 18.0 Å². The first-order chi connectivity index (χ1) is 8.25. The number of hydrogen-bond acceptors (Lipinski definition) is 3. The third-order valence-electron chi connectivity index (χ3n) is 3.94. The van der Waals surface area contributed by atoms with Gasteiger partial charge in [-0.2, -0.15) is 0 Å². The largest absolute Gasteiger partial charge is 0.367 e. The van der Waals surface area contributed by atoms with Crippen LogP contribution in [0.25, 0.3) is 0 Å². The summed E-state index contributed by atoms with van der Waals surface area (Å²) in [6, 6.07) is 2.14. The molecule has 1 aromatic rings. The molecule has 0 saturated carbocycles. The van der Waals surface area contributed by atoms with Gasteiger partial charge in [-0.15, -0.1) is 11.3 Å². The lowest BCUT2D eigenvalue weighted by atomic mass is 9.82. The highest BCUT2D eigenvalue weighted by molar-refractivity contribution is 7.10. The van der Waals surface area contributed by atoms with Gasteiger partial charge in [0.1, 0.15) is 6.10 Å². The van der Waals surface area contributed by atoms with E-state index in [2.05, 4.69) is 18.4 Å². The Kier molecular flexibility index (Phi) is 3.05. The Morgan fingerprint density at radius 2 is 2.29 bits per heavy atom. The Morgan fingerprint density at radius 1 is 1.41 bits per heavy atom. The van der Waals surface area contributed by atoms with Crippen LogP contribution in [0, 0.1) is 0 Å². The molecule has 2 heterocycles. The van der Waals surface area contributed by atoms with Gasteiger partial charge in [-0.25, -0.2) is 0 Å². The molecule has 3 heteroatoms. The van der Waals surface area contributed by atoms with E-state index in [0.717, 1.165) is 32.1 Å². The third kappa shape index (κ3) is 2.06. The van der Waals surface area contributed by atoms with Crippen molar-refractivity contribution in [2.24, 2.45) is 0 Å². The zero-order valence-electron chi connectivity index (χ0n) is 10.1. The molecule has 2 nitrogen and oxygen atoms in total. The van der Waals surface area contributed by atoms with Gasteiger partial charge in [0.2, 0.25) is 0 Å². The smallest absolute Gasteiger partial charge is 0.169 e. The first-order valence-electron chi connectivity index (χ1n) is 6.51. The van der Waals surface area contributed by atoms with Crippen LogP contribution in [0.3, 0.4) is 0 Å². The van der Waals surface area contributed by atoms with Gasteiger partial charge in [0.05, 0.1) is 6.10 Å². The van der Waals surface area contributed by atoms with Crippen LogP contribution in [0.5, 0.6) is 0 Å². The second-order valence-corrected chi connectivity index (χ2v) is 6.16. The van der Waals surface area contributed by atoms with Gasteiger partial charge < -0.3 is 4.74 Å². The number of aryl methyl sites for hydroxylation is 1. The molecule has 0 amide bonds. The van der Waals surface area contributed by atoms with Gasteiger partial charge in [-0.1, -0.05) is 0 Å². The normalized spacial score (nSPS) is 32.4. The number of ketones is 1. The number of rotatable bonds is 2. The van der Waals surface area contributed by atoms with Crippen molar-refractivity contribution in [3.63, 3.8) is 0 Å². The molecule has 17 heavy (non-hydrogen) atoms. The highest BCUT2D eigenvalue weighted by atomic mass is 32.1. The van der Waals surface area contributed by atoms with Crippen molar-refractivity contribution in [2.45, 2.75) is 57.2 Å². The van der Waals surface area contributed by atoms with E-state index in [0.29, 0.717) is 5.78 Å². The van der Waals surface area contributed by atoms with E-state index < -0.39 is 0 Å². The molecule has 0 bridgehead atoms. The minimum Gasteiger partial charge on any atom is -0.367 e. The van der Waals surface area contributed by atoms with Crippen molar-refractivity contribution in [1.29, 1.82) is 0 Å². The lowest BCUT2D eigenvalue weighted by Gasteiger charge is -2.24. The van der Waals surface area contributed by atoms with Crippen LogP contribution >= 0.6 is 11.3 Å². The second-order valence-electron chi connectivity index (χ2n) is 5.16. The molecule has 3 rings (SSSR count). The summed E-state index contributed by atoms with van der Waals surface area (Å²) >= 11 is 1.80. The standard InChI is InChI=1S/C14H18O2S/c1-9-5-6-12(16-9)14(15)11-3-2-4-13-10(11)7-8-17-13/h7-9,11-12H,2-6H2,1H3. The second kappa shape index (κ2) is 4.54. The molecule has 1 aromatic heterocycles. The van der Waals surface area contributed by atoms with Crippen molar-refractivity contribution >= 4 is 17.1 Å². The topological polar surface area (TPSA) is 26.3 Å². The molecule has 0 N–H and O–H groups in total. The van der Waals surface area contributed by atoms with Crippen LogP contribution in [0.2, 0.25) is 0 Å². The summed E-state index contributed by atoms with van der Waals surface area (Å²) in [5, 5.41) is 2.12. The fourth-order valence-electron chi connectivity index (χ4n) is 3.02. The summed E-state index contributed by atoms with van der Waals surface area (Å²) in [4.78, 5) is 13.9. The summed E-state index contributed by atoms with van der Waals surface area (Å²) in [7, 11) is 0. The quantitative estimate of drug-likeness (QED) is 0.805. The number of carbonyl (C=O) groups is 1. The summed E-state index contributed by atoms with van der Waals surface area (Å²) < 4.78 is 5.72. The average Bonchev–Trinajstić information content (AvgIpc) is 2.95. The molecule has 3 unspecified atom stereocenters. The van der Waals surface area contributed by atoms with Gasteiger partial charge in [-0.05, 0) is 56.0 Å². The first-order valence-corrected chi connectivity index (χ1v) is 7.39. The number of hydrogen-bond donors (Lipinski definition) is 0. The van der Waals surface area contributed by atoms with E-state index in [1.807, 2.05) is 0 Å². The minimum atomic E-state index is -0.138. The molecule has 0 radical (unpaired) electrons. The predicted octanol–water partition coefficient (Wildman–Crippen LogP) is 3.30. The Bertz CT molecular complexity index is 424. The number of thiophene rings is 1. The van der Waals surface area contributed by atoms with Crippen LogP contribution in [-0.2, 0) is 16.0 Å². The summed E-state index contributed by atoms with van der Waals surface area (Å²) in [6.07, 6.45) is 5.37. The molecule has 0 spiro atoms. The van der Waals surface area contributed by atoms with E-state index in [1.54, 1.807) is 11.3 Å². The molecule has 1 aliphatic carbocycles. The minimum absolute atomic E-state index is 0.111. The number of ether oxygens (including phenoxy) is 1. The van der Waals surface area contributed by atoms with E-state index in [9.17, 15) is 4.79 Å². The molecular formula is C14H18O2S. The first kappa shape index (κ1) is 11.4. The molecular weight excluding hydrogens is 232 g/mol. The lowest BCUT2D eigenvalue weighted by Crippen LogP contribution is -2.28. The highest BCUT2D eigenvalue weighted by Gasteiger charge is 2.35. The predicted molar refractivity (Wildman–Crippen MR) is 68.6 cm³/mol. The van der Waals surface area contributed by atoms with Gasteiger partial charge in [0.15, 0.2) is 5.78 Å². The van der Waals surface area contributed by atoms with Crippen molar-refractivity contribution in [1.82, 2.24) is 0 Å². The SMILES string of the molecule is CC1CCC(C(=O)C2CCCc3sccc32)O1. The van der Waals surface area contributed by atoms with Gasteiger partial charge >= 0.3 is 0 Å². The van der Waals surface area contributed by atoms with Crippen LogP contribution in [0.15, 0.2) is 11.4 Å². The Labute approximate surface area is 106 Å². The Balaban J connectivity index is 1.80. The average molecular weight is 250 g/mol. The fraction of sp³-hybridized carbons (Fsp3) is 0.643. The van der Waals surface area contributed by atoms with Crippen molar-refractivity contribution in [2.75, 3.05) is 0 Å². The van der Waals surface area contributed by atoms with Crippen molar-refractivity contribution in [3.05, 3.63) is 21.9 Å². The fourth-order valence-corrected chi connectivity index (χ4v) is 4.01. The van der Waals surface area contributed by atoms with E-state index in [1.165, 1.54) is 10.4 Å². The lowest BCUT2D eigenvalue weighted by molar-refractivity contribution is -0.131. The zero-order chi connectivity index (χ0) is 11.8. The molecule has 0 aromatic carbocycles. The number of Topliss-reactive ketones (excluding diaryl/α,β-unsaturated/α-hetero) is 1. The number of carbonyl (C=O) groups excluding carboxylic acids is 1. The number of fused-ring (bicyclic) bond motifs is 1. The molecule has 1 fully saturated rings. The third-order valence-corrected chi connectivity index (χ3v) is 4.94. The van der Waals surface area contributed by atoms with E-state index in [-0.39, 0.29) is 18.1 Å². The maximum absolute atomic E-state index is 12.5. The van der Waals surface area contributed by atoms with Gasteiger partial charge in [0.25, 0.3) is 0 Å². The van der Waals surface area contributed by atoms with E-state index in [4.69, 9.17) is 4.74 Å². The van der Waals surface area contributed by atoms with Gasteiger partial charge in [-0.3, -0.25) is 4.79 Å². The van der Waals surface area contributed by atoms with E-state index >= 15 is 0 Å².